The number of hydrogen-bond acceptors (Lipinski definition) is 3. The van der Waals surface area contributed by atoms with Crippen molar-refractivity contribution in [1.82, 2.24) is 15.5 Å². The van der Waals surface area contributed by atoms with Crippen molar-refractivity contribution in [3.63, 3.8) is 0 Å². The number of amides is 2. The first-order valence-corrected chi connectivity index (χ1v) is 7.64. The second-order valence-electron chi connectivity index (χ2n) is 5.87. The molecule has 0 aliphatic carbocycles. The summed E-state index contributed by atoms with van der Waals surface area (Å²) in [6.07, 6.45) is 0. The van der Waals surface area contributed by atoms with Crippen LogP contribution in [0.15, 0.2) is 24.3 Å². The molecule has 0 heterocycles. The Morgan fingerprint density at radius 1 is 1.23 bits per heavy atom. The number of rotatable bonds is 7. The molecule has 1 atom stereocenters. The van der Waals surface area contributed by atoms with Crippen LogP contribution in [-0.2, 0) is 4.79 Å². The quantitative estimate of drug-likeness (QED) is 0.801. The Bertz CT molecular complexity index is 514. The molecule has 0 fully saturated rings. The molecule has 0 saturated carbocycles. The normalized spacial score (nSPS) is 12.1. The number of carbonyl (C=O) groups is 2. The third-order valence-corrected chi connectivity index (χ3v) is 3.68. The molecule has 0 bridgehead atoms. The lowest BCUT2D eigenvalue weighted by atomic mass is 10.0. The van der Waals surface area contributed by atoms with Gasteiger partial charge >= 0.3 is 0 Å². The summed E-state index contributed by atoms with van der Waals surface area (Å²) in [6.45, 7) is 7.09. The zero-order valence-electron chi connectivity index (χ0n) is 14.1. The van der Waals surface area contributed by atoms with E-state index in [4.69, 9.17) is 0 Å². The predicted molar refractivity (Wildman–Crippen MR) is 88.8 cm³/mol. The number of carbonyl (C=O) groups excluding carboxylic acids is 2. The van der Waals surface area contributed by atoms with Gasteiger partial charge < -0.3 is 15.5 Å². The van der Waals surface area contributed by atoms with Gasteiger partial charge in [0, 0.05) is 25.7 Å². The molecule has 0 aromatic heterocycles. The maximum absolute atomic E-state index is 12.5. The van der Waals surface area contributed by atoms with Gasteiger partial charge in [0.1, 0.15) is 6.04 Å². The highest BCUT2D eigenvalue weighted by molar-refractivity contribution is 5.98. The molecule has 122 valence electrons. The lowest BCUT2D eigenvalue weighted by Crippen LogP contribution is -2.51. The van der Waals surface area contributed by atoms with E-state index in [1.54, 1.807) is 18.0 Å². The van der Waals surface area contributed by atoms with Gasteiger partial charge in [-0.3, -0.25) is 9.59 Å². The molecule has 1 aromatic carbocycles. The van der Waals surface area contributed by atoms with Gasteiger partial charge in [0.15, 0.2) is 0 Å². The van der Waals surface area contributed by atoms with Crippen LogP contribution in [0, 0.1) is 12.8 Å². The smallest absolute Gasteiger partial charge is 0.252 e. The molecular formula is C17H27N3O2. The average molecular weight is 305 g/mol. The molecule has 1 unspecified atom stereocenters. The number of benzene rings is 1. The van der Waals surface area contributed by atoms with Crippen molar-refractivity contribution in [2.24, 2.45) is 5.92 Å². The molecule has 0 aliphatic heterocycles. The van der Waals surface area contributed by atoms with Crippen molar-refractivity contribution < 1.29 is 9.59 Å². The monoisotopic (exact) mass is 305 g/mol. The van der Waals surface area contributed by atoms with Crippen LogP contribution in [0.1, 0.15) is 29.8 Å². The fraction of sp³-hybridized carbons (Fsp3) is 0.529. The van der Waals surface area contributed by atoms with Crippen LogP contribution >= 0.6 is 0 Å². The van der Waals surface area contributed by atoms with Crippen molar-refractivity contribution in [2.45, 2.75) is 26.8 Å². The highest BCUT2D eigenvalue weighted by Crippen LogP contribution is 2.10. The summed E-state index contributed by atoms with van der Waals surface area (Å²) in [4.78, 5) is 26.6. The molecule has 0 saturated heterocycles. The Morgan fingerprint density at radius 2 is 1.86 bits per heavy atom. The lowest BCUT2D eigenvalue weighted by Gasteiger charge is -2.27. The maximum atomic E-state index is 12.5. The molecule has 2 amide bonds. The lowest BCUT2D eigenvalue weighted by molar-refractivity contribution is -0.132. The fourth-order valence-corrected chi connectivity index (χ4v) is 2.19. The zero-order valence-corrected chi connectivity index (χ0v) is 14.1. The van der Waals surface area contributed by atoms with Gasteiger partial charge in [0.2, 0.25) is 5.91 Å². The standard InChI is InChI=1S/C17H27N3O2/c1-12(2)15(17(22)20(5)11-10-18-4)19-16(21)14-9-7-6-8-13(14)3/h6-9,12,15,18H,10-11H2,1-5H3,(H,19,21). The summed E-state index contributed by atoms with van der Waals surface area (Å²) in [5, 5.41) is 5.89. The highest BCUT2D eigenvalue weighted by atomic mass is 16.2. The topological polar surface area (TPSA) is 61.4 Å². The molecule has 0 radical (unpaired) electrons. The third kappa shape index (κ3) is 4.84. The summed E-state index contributed by atoms with van der Waals surface area (Å²) in [5.41, 5.74) is 1.51. The van der Waals surface area contributed by atoms with Gasteiger partial charge in [-0.05, 0) is 31.5 Å². The Kier molecular flexibility index (Phi) is 7.05. The number of aryl methyl sites for hydroxylation is 1. The van der Waals surface area contributed by atoms with E-state index in [-0.39, 0.29) is 17.7 Å². The number of hydrogen-bond donors (Lipinski definition) is 2. The second kappa shape index (κ2) is 8.54. The largest absolute Gasteiger partial charge is 0.343 e. The van der Waals surface area contributed by atoms with Crippen molar-refractivity contribution in [3.8, 4) is 0 Å². The third-order valence-electron chi connectivity index (χ3n) is 3.68. The highest BCUT2D eigenvalue weighted by Gasteiger charge is 2.27. The first kappa shape index (κ1) is 18.2. The van der Waals surface area contributed by atoms with Crippen LogP contribution < -0.4 is 10.6 Å². The van der Waals surface area contributed by atoms with E-state index in [2.05, 4.69) is 10.6 Å². The van der Waals surface area contributed by atoms with Gasteiger partial charge in [0.25, 0.3) is 5.91 Å². The summed E-state index contributed by atoms with van der Waals surface area (Å²) < 4.78 is 0. The van der Waals surface area contributed by atoms with Crippen molar-refractivity contribution in [2.75, 3.05) is 27.2 Å². The van der Waals surface area contributed by atoms with Gasteiger partial charge in [-0.15, -0.1) is 0 Å². The van der Waals surface area contributed by atoms with E-state index >= 15 is 0 Å². The average Bonchev–Trinajstić information content (AvgIpc) is 2.49. The summed E-state index contributed by atoms with van der Waals surface area (Å²) in [7, 11) is 3.60. The number of nitrogens with zero attached hydrogens (tertiary/aromatic N) is 1. The summed E-state index contributed by atoms with van der Waals surface area (Å²) in [6, 6.07) is 6.86. The van der Waals surface area contributed by atoms with Crippen LogP contribution in [0.4, 0.5) is 0 Å². The van der Waals surface area contributed by atoms with E-state index < -0.39 is 6.04 Å². The van der Waals surface area contributed by atoms with Crippen LogP contribution in [0.3, 0.4) is 0 Å². The van der Waals surface area contributed by atoms with Crippen LogP contribution in [-0.4, -0.2) is 49.9 Å². The Morgan fingerprint density at radius 3 is 2.41 bits per heavy atom. The van der Waals surface area contributed by atoms with E-state index in [0.717, 1.165) is 12.1 Å². The van der Waals surface area contributed by atoms with Crippen LogP contribution in [0.25, 0.3) is 0 Å². The zero-order chi connectivity index (χ0) is 16.7. The molecule has 5 heteroatoms. The Hall–Kier alpha value is -1.88. The number of likely N-dealkylation sites (N-methyl/N-ethyl adjacent to an activating group) is 2. The Balaban J connectivity index is 2.82. The first-order valence-electron chi connectivity index (χ1n) is 7.64. The first-order chi connectivity index (χ1) is 10.4. The minimum Gasteiger partial charge on any atom is -0.343 e. The van der Waals surface area contributed by atoms with Crippen molar-refractivity contribution >= 4 is 11.8 Å². The number of nitrogens with one attached hydrogen (secondary N) is 2. The minimum absolute atomic E-state index is 0.0255. The van der Waals surface area contributed by atoms with E-state index in [9.17, 15) is 9.59 Å². The maximum Gasteiger partial charge on any atom is 0.252 e. The summed E-state index contributed by atoms with van der Waals surface area (Å²) in [5.74, 6) is -0.239. The predicted octanol–water partition coefficient (Wildman–Crippen LogP) is 1.43. The second-order valence-corrected chi connectivity index (χ2v) is 5.87. The molecular weight excluding hydrogens is 278 g/mol. The van der Waals surface area contributed by atoms with Gasteiger partial charge in [-0.25, -0.2) is 0 Å². The SMILES string of the molecule is CNCCN(C)C(=O)C(NC(=O)c1ccccc1C)C(C)C. The molecule has 2 N–H and O–H groups in total. The van der Waals surface area contributed by atoms with Crippen molar-refractivity contribution in [3.05, 3.63) is 35.4 Å². The molecule has 1 rings (SSSR count). The van der Waals surface area contributed by atoms with Gasteiger partial charge in [-0.1, -0.05) is 32.0 Å². The van der Waals surface area contributed by atoms with Crippen molar-refractivity contribution in [1.29, 1.82) is 0 Å². The Labute approximate surface area is 133 Å². The fourth-order valence-electron chi connectivity index (χ4n) is 2.19. The van der Waals surface area contributed by atoms with E-state index in [1.165, 1.54) is 0 Å². The molecule has 5 nitrogen and oxygen atoms in total. The van der Waals surface area contributed by atoms with Crippen LogP contribution in [0.2, 0.25) is 0 Å². The minimum atomic E-state index is -0.519. The van der Waals surface area contributed by atoms with Gasteiger partial charge in [-0.2, -0.15) is 0 Å². The van der Waals surface area contributed by atoms with Crippen LogP contribution in [0.5, 0.6) is 0 Å². The molecule has 0 aliphatic rings. The molecule has 0 spiro atoms. The van der Waals surface area contributed by atoms with Gasteiger partial charge in [0.05, 0.1) is 0 Å². The van der Waals surface area contributed by atoms with E-state index in [0.29, 0.717) is 12.1 Å². The molecule has 22 heavy (non-hydrogen) atoms. The molecule has 1 aromatic rings. The summed E-state index contributed by atoms with van der Waals surface area (Å²) >= 11 is 0. The van der Waals surface area contributed by atoms with E-state index in [1.807, 2.05) is 46.0 Å².